The van der Waals surface area contributed by atoms with Crippen molar-refractivity contribution in [3.8, 4) is 0 Å². The van der Waals surface area contributed by atoms with E-state index in [1.165, 1.54) is 18.9 Å². The summed E-state index contributed by atoms with van der Waals surface area (Å²) < 4.78 is 13.4. The topological polar surface area (TPSA) is 32.3 Å². The number of carbonyl (C=O) groups is 1. The number of carbonyl (C=O) groups excluding carboxylic acids is 1. The molecule has 0 spiro atoms. The maximum absolute atomic E-state index is 13.4. The number of amides is 1. The Hall–Kier alpha value is -1.42. The van der Waals surface area contributed by atoms with Gasteiger partial charge < -0.3 is 5.32 Å². The molecule has 0 aromatic heterocycles. The SMILES string of the molecule is CCCCCNC(=O)C1CCN([C@H](C)c2cccc(F)c2)CC1. The summed E-state index contributed by atoms with van der Waals surface area (Å²) >= 11 is 0. The van der Waals surface area contributed by atoms with E-state index in [1.807, 2.05) is 6.07 Å². The second kappa shape index (κ2) is 9.02. The number of likely N-dealkylation sites (tertiary alicyclic amines) is 1. The third-order valence-electron chi connectivity index (χ3n) is 4.86. The Kier molecular flexibility index (Phi) is 7.03. The van der Waals surface area contributed by atoms with Gasteiger partial charge in [-0.2, -0.15) is 0 Å². The quantitative estimate of drug-likeness (QED) is 0.773. The van der Waals surface area contributed by atoms with Crippen LogP contribution in [0.15, 0.2) is 24.3 Å². The van der Waals surface area contributed by atoms with Crippen molar-refractivity contribution in [2.24, 2.45) is 5.92 Å². The van der Waals surface area contributed by atoms with E-state index in [2.05, 4.69) is 24.1 Å². The first kappa shape index (κ1) is 17.9. The molecule has 1 aliphatic heterocycles. The number of hydrogen-bond donors (Lipinski definition) is 1. The lowest BCUT2D eigenvalue weighted by Gasteiger charge is -2.35. The van der Waals surface area contributed by atoms with Gasteiger partial charge in [-0.1, -0.05) is 31.9 Å². The fourth-order valence-electron chi connectivity index (χ4n) is 3.26. The van der Waals surface area contributed by atoms with Crippen LogP contribution in [-0.4, -0.2) is 30.4 Å². The molecule has 1 aliphatic rings. The highest BCUT2D eigenvalue weighted by atomic mass is 19.1. The van der Waals surface area contributed by atoms with Gasteiger partial charge in [-0.3, -0.25) is 9.69 Å². The van der Waals surface area contributed by atoms with E-state index < -0.39 is 0 Å². The number of hydrogen-bond acceptors (Lipinski definition) is 2. The van der Waals surface area contributed by atoms with Crippen molar-refractivity contribution in [3.63, 3.8) is 0 Å². The third-order valence-corrected chi connectivity index (χ3v) is 4.86. The average Bonchev–Trinajstić information content (AvgIpc) is 2.58. The Labute approximate surface area is 139 Å². The lowest BCUT2D eigenvalue weighted by molar-refractivity contribution is -0.126. The number of nitrogens with zero attached hydrogens (tertiary/aromatic N) is 1. The minimum Gasteiger partial charge on any atom is -0.356 e. The zero-order chi connectivity index (χ0) is 16.7. The molecule has 1 N–H and O–H groups in total. The van der Waals surface area contributed by atoms with E-state index in [4.69, 9.17) is 0 Å². The molecule has 1 aromatic rings. The smallest absolute Gasteiger partial charge is 0.223 e. The fourth-order valence-corrected chi connectivity index (χ4v) is 3.26. The molecular weight excluding hydrogens is 291 g/mol. The van der Waals surface area contributed by atoms with Crippen LogP contribution >= 0.6 is 0 Å². The first-order chi connectivity index (χ1) is 11.1. The maximum atomic E-state index is 13.4. The summed E-state index contributed by atoms with van der Waals surface area (Å²) in [5.41, 5.74) is 1.01. The molecule has 1 atom stereocenters. The number of piperidine rings is 1. The van der Waals surface area contributed by atoms with Crippen molar-refractivity contribution in [2.75, 3.05) is 19.6 Å². The molecule has 3 nitrogen and oxygen atoms in total. The average molecular weight is 320 g/mol. The zero-order valence-corrected chi connectivity index (χ0v) is 14.4. The molecule has 0 bridgehead atoms. The molecule has 1 fully saturated rings. The van der Waals surface area contributed by atoms with Crippen LogP contribution in [0, 0.1) is 11.7 Å². The lowest BCUT2D eigenvalue weighted by Crippen LogP contribution is -2.41. The van der Waals surface area contributed by atoms with Crippen LogP contribution in [0.2, 0.25) is 0 Å². The lowest BCUT2D eigenvalue weighted by atomic mass is 9.93. The largest absolute Gasteiger partial charge is 0.356 e. The van der Waals surface area contributed by atoms with Crippen LogP contribution < -0.4 is 5.32 Å². The highest BCUT2D eigenvalue weighted by molar-refractivity contribution is 5.78. The predicted molar refractivity (Wildman–Crippen MR) is 91.6 cm³/mol. The van der Waals surface area contributed by atoms with Gasteiger partial charge in [0.15, 0.2) is 0 Å². The molecule has 1 aromatic carbocycles. The summed E-state index contributed by atoms with van der Waals surface area (Å²) in [6.07, 6.45) is 5.19. The Balaban J connectivity index is 1.78. The fraction of sp³-hybridized carbons (Fsp3) is 0.632. The van der Waals surface area contributed by atoms with Gasteiger partial charge in [0.1, 0.15) is 5.82 Å². The molecule has 1 amide bonds. The minimum absolute atomic E-state index is 0.132. The van der Waals surface area contributed by atoms with Crippen molar-refractivity contribution in [1.29, 1.82) is 0 Å². The molecule has 0 unspecified atom stereocenters. The van der Waals surface area contributed by atoms with E-state index in [1.54, 1.807) is 12.1 Å². The van der Waals surface area contributed by atoms with Crippen LogP contribution in [0.4, 0.5) is 4.39 Å². The summed E-state index contributed by atoms with van der Waals surface area (Å²) in [5.74, 6) is 0.155. The summed E-state index contributed by atoms with van der Waals surface area (Å²) in [4.78, 5) is 14.5. The second-order valence-electron chi connectivity index (χ2n) is 6.54. The highest BCUT2D eigenvalue weighted by Gasteiger charge is 2.27. The van der Waals surface area contributed by atoms with Crippen molar-refractivity contribution in [1.82, 2.24) is 10.2 Å². The van der Waals surface area contributed by atoms with Gasteiger partial charge in [-0.25, -0.2) is 4.39 Å². The van der Waals surface area contributed by atoms with Crippen LogP contribution in [0.25, 0.3) is 0 Å². The maximum Gasteiger partial charge on any atom is 0.223 e. The molecule has 2 rings (SSSR count). The first-order valence-electron chi connectivity index (χ1n) is 8.89. The molecule has 23 heavy (non-hydrogen) atoms. The monoisotopic (exact) mass is 320 g/mol. The second-order valence-corrected chi connectivity index (χ2v) is 6.54. The van der Waals surface area contributed by atoms with Gasteiger partial charge in [-0.15, -0.1) is 0 Å². The van der Waals surface area contributed by atoms with E-state index >= 15 is 0 Å². The van der Waals surface area contributed by atoms with E-state index in [0.717, 1.165) is 44.5 Å². The molecule has 1 saturated heterocycles. The summed E-state index contributed by atoms with van der Waals surface area (Å²) in [5, 5.41) is 3.06. The molecule has 0 radical (unpaired) electrons. The van der Waals surface area contributed by atoms with Gasteiger partial charge in [0.2, 0.25) is 5.91 Å². The van der Waals surface area contributed by atoms with Crippen LogP contribution in [-0.2, 0) is 4.79 Å². The van der Waals surface area contributed by atoms with Crippen molar-refractivity contribution in [2.45, 2.75) is 52.0 Å². The number of nitrogens with one attached hydrogen (secondary N) is 1. The van der Waals surface area contributed by atoms with Gasteiger partial charge in [0.25, 0.3) is 0 Å². The Morgan fingerprint density at radius 2 is 2.09 bits per heavy atom. The van der Waals surface area contributed by atoms with Crippen LogP contribution in [0.1, 0.15) is 57.6 Å². The number of rotatable bonds is 7. The van der Waals surface area contributed by atoms with Gasteiger partial charge >= 0.3 is 0 Å². The highest BCUT2D eigenvalue weighted by Crippen LogP contribution is 2.27. The normalized spacial score (nSPS) is 17.9. The molecule has 0 aliphatic carbocycles. The zero-order valence-electron chi connectivity index (χ0n) is 14.4. The number of benzene rings is 1. The first-order valence-corrected chi connectivity index (χ1v) is 8.89. The van der Waals surface area contributed by atoms with Gasteiger partial charge in [0.05, 0.1) is 0 Å². The van der Waals surface area contributed by atoms with E-state index in [-0.39, 0.29) is 23.7 Å². The molecule has 4 heteroatoms. The van der Waals surface area contributed by atoms with Crippen molar-refractivity contribution < 1.29 is 9.18 Å². The predicted octanol–water partition coefficient (Wildman–Crippen LogP) is 3.91. The molecular formula is C19H29FN2O. The van der Waals surface area contributed by atoms with Crippen LogP contribution in [0.3, 0.4) is 0 Å². The summed E-state index contributed by atoms with van der Waals surface area (Å²) in [6, 6.07) is 7.01. The molecule has 0 saturated carbocycles. The van der Waals surface area contributed by atoms with Gasteiger partial charge in [0, 0.05) is 18.5 Å². The van der Waals surface area contributed by atoms with E-state index in [0.29, 0.717) is 0 Å². The Bertz CT molecular complexity index is 498. The van der Waals surface area contributed by atoms with Crippen LogP contribution in [0.5, 0.6) is 0 Å². The van der Waals surface area contributed by atoms with Crippen molar-refractivity contribution in [3.05, 3.63) is 35.6 Å². The Morgan fingerprint density at radius 1 is 1.35 bits per heavy atom. The third kappa shape index (κ3) is 5.31. The minimum atomic E-state index is -0.185. The van der Waals surface area contributed by atoms with Gasteiger partial charge in [-0.05, 0) is 57.0 Å². The number of unbranched alkanes of at least 4 members (excludes halogenated alkanes) is 2. The van der Waals surface area contributed by atoms with E-state index in [9.17, 15) is 9.18 Å². The molecule has 1 heterocycles. The number of halogens is 1. The Morgan fingerprint density at radius 3 is 2.74 bits per heavy atom. The summed E-state index contributed by atoms with van der Waals surface area (Å²) in [6.45, 7) is 6.86. The summed E-state index contributed by atoms with van der Waals surface area (Å²) in [7, 11) is 0. The molecule has 128 valence electrons. The standard InChI is InChI=1S/C19H29FN2O/c1-3-4-5-11-21-19(23)16-9-12-22(13-10-16)15(2)17-7-6-8-18(20)14-17/h6-8,14-16H,3-5,9-13H2,1-2H3,(H,21,23)/t15-/m1/s1. The van der Waals surface area contributed by atoms with Crippen molar-refractivity contribution >= 4 is 5.91 Å².